The molecular formula is C9H16ClNO2. The summed E-state index contributed by atoms with van der Waals surface area (Å²) in [5.74, 6) is 0.675. The van der Waals surface area contributed by atoms with Crippen molar-refractivity contribution < 1.29 is 9.90 Å². The quantitative estimate of drug-likeness (QED) is 0.679. The number of hydrogen-bond acceptors (Lipinski definition) is 2. The van der Waals surface area contributed by atoms with Gasteiger partial charge in [-0.1, -0.05) is 6.92 Å². The van der Waals surface area contributed by atoms with E-state index in [1.54, 1.807) is 4.90 Å². The molecule has 3 nitrogen and oxygen atoms in total. The minimum Gasteiger partial charge on any atom is -0.393 e. The SMILES string of the molecule is C[C@H]1CN(C(=O)CCCl)CC[C@H]1O. The van der Waals surface area contributed by atoms with Gasteiger partial charge in [0, 0.05) is 25.4 Å². The van der Waals surface area contributed by atoms with Crippen LogP contribution in [0.1, 0.15) is 19.8 Å². The lowest BCUT2D eigenvalue weighted by Gasteiger charge is -2.34. The van der Waals surface area contributed by atoms with Gasteiger partial charge in [-0.3, -0.25) is 4.79 Å². The predicted octanol–water partition coefficient (Wildman–Crippen LogP) is 0.845. The van der Waals surface area contributed by atoms with Crippen LogP contribution < -0.4 is 0 Å². The molecule has 0 aliphatic carbocycles. The lowest BCUT2D eigenvalue weighted by Crippen LogP contribution is -2.45. The first-order valence-electron chi connectivity index (χ1n) is 4.67. The number of aliphatic hydroxyl groups excluding tert-OH is 1. The molecule has 1 rings (SSSR count). The third-order valence-electron chi connectivity index (χ3n) is 2.52. The van der Waals surface area contributed by atoms with Gasteiger partial charge in [0.15, 0.2) is 0 Å². The zero-order chi connectivity index (χ0) is 9.84. The Labute approximate surface area is 83.7 Å². The molecule has 13 heavy (non-hydrogen) atoms. The summed E-state index contributed by atoms with van der Waals surface area (Å²) in [7, 11) is 0. The van der Waals surface area contributed by atoms with Crippen LogP contribution in [0.2, 0.25) is 0 Å². The summed E-state index contributed by atoms with van der Waals surface area (Å²) >= 11 is 5.48. The highest BCUT2D eigenvalue weighted by Crippen LogP contribution is 2.17. The van der Waals surface area contributed by atoms with Crippen molar-refractivity contribution in [1.29, 1.82) is 0 Å². The topological polar surface area (TPSA) is 40.5 Å². The average Bonchev–Trinajstić information content (AvgIpc) is 2.10. The molecule has 0 unspecified atom stereocenters. The number of piperidine rings is 1. The third kappa shape index (κ3) is 2.85. The minimum absolute atomic E-state index is 0.105. The van der Waals surface area contributed by atoms with Crippen LogP contribution in [0.4, 0.5) is 0 Å². The Morgan fingerprint density at radius 2 is 2.38 bits per heavy atom. The fourth-order valence-electron chi connectivity index (χ4n) is 1.60. The van der Waals surface area contributed by atoms with E-state index in [1.165, 1.54) is 0 Å². The normalized spacial score (nSPS) is 29.0. The molecule has 0 radical (unpaired) electrons. The summed E-state index contributed by atoms with van der Waals surface area (Å²) in [6, 6.07) is 0. The van der Waals surface area contributed by atoms with E-state index in [0.717, 1.165) is 0 Å². The van der Waals surface area contributed by atoms with Crippen molar-refractivity contribution in [2.24, 2.45) is 5.92 Å². The van der Waals surface area contributed by atoms with Crippen molar-refractivity contribution in [3.63, 3.8) is 0 Å². The molecule has 1 N–H and O–H groups in total. The second-order valence-corrected chi connectivity index (χ2v) is 3.99. The first-order chi connectivity index (χ1) is 6.15. The predicted molar refractivity (Wildman–Crippen MR) is 51.7 cm³/mol. The second kappa shape index (κ2) is 4.82. The Morgan fingerprint density at radius 1 is 1.69 bits per heavy atom. The van der Waals surface area contributed by atoms with Crippen LogP contribution in [0.25, 0.3) is 0 Å². The Bertz CT molecular complexity index is 186. The highest BCUT2D eigenvalue weighted by atomic mass is 35.5. The molecule has 0 aromatic carbocycles. The second-order valence-electron chi connectivity index (χ2n) is 3.61. The number of rotatable bonds is 2. The van der Waals surface area contributed by atoms with Crippen LogP contribution >= 0.6 is 11.6 Å². The first kappa shape index (κ1) is 10.8. The summed E-state index contributed by atoms with van der Waals surface area (Å²) in [5.41, 5.74) is 0. The van der Waals surface area contributed by atoms with E-state index in [0.29, 0.717) is 31.8 Å². The molecule has 1 heterocycles. The summed E-state index contributed by atoms with van der Waals surface area (Å²) in [4.78, 5) is 13.2. The molecule has 1 aliphatic rings. The molecule has 0 saturated carbocycles. The van der Waals surface area contributed by atoms with E-state index in [4.69, 9.17) is 11.6 Å². The van der Waals surface area contributed by atoms with Gasteiger partial charge < -0.3 is 10.0 Å². The molecular weight excluding hydrogens is 190 g/mol. The minimum atomic E-state index is -0.250. The van der Waals surface area contributed by atoms with Crippen LogP contribution in [-0.4, -0.2) is 41.0 Å². The number of nitrogens with zero attached hydrogens (tertiary/aromatic N) is 1. The standard InChI is InChI=1S/C9H16ClNO2/c1-7-6-11(5-3-8(7)12)9(13)2-4-10/h7-8,12H,2-6H2,1H3/t7-,8+/m0/s1. The van der Waals surface area contributed by atoms with Crippen LogP contribution in [0, 0.1) is 5.92 Å². The molecule has 1 saturated heterocycles. The van der Waals surface area contributed by atoms with Gasteiger partial charge in [-0.05, 0) is 12.3 Å². The summed E-state index contributed by atoms with van der Waals surface area (Å²) in [6.45, 7) is 3.29. The Balaban J connectivity index is 2.40. The largest absolute Gasteiger partial charge is 0.393 e. The van der Waals surface area contributed by atoms with Crippen molar-refractivity contribution >= 4 is 17.5 Å². The first-order valence-corrected chi connectivity index (χ1v) is 5.20. The van der Waals surface area contributed by atoms with E-state index in [1.807, 2.05) is 6.92 Å². The van der Waals surface area contributed by atoms with Gasteiger partial charge in [0.05, 0.1) is 6.10 Å². The summed E-state index contributed by atoms with van der Waals surface area (Å²) < 4.78 is 0. The van der Waals surface area contributed by atoms with Gasteiger partial charge in [0.25, 0.3) is 0 Å². The van der Waals surface area contributed by atoms with Crippen LogP contribution in [0.5, 0.6) is 0 Å². The van der Waals surface area contributed by atoms with Gasteiger partial charge >= 0.3 is 0 Å². The van der Waals surface area contributed by atoms with Crippen molar-refractivity contribution in [3.05, 3.63) is 0 Å². The van der Waals surface area contributed by atoms with Gasteiger partial charge in [0.2, 0.25) is 5.91 Å². The number of halogens is 1. The van der Waals surface area contributed by atoms with E-state index in [2.05, 4.69) is 0 Å². The summed E-state index contributed by atoms with van der Waals surface area (Å²) in [6.07, 6.45) is 0.847. The Morgan fingerprint density at radius 3 is 2.92 bits per heavy atom. The van der Waals surface area contributed by atoms with Crippen molar-refractivity contribution in [3.8, 4) is 0 Å². The van der Waals surface area contributed by atoms with E-state index in [9.17, 15) is 9.90 Å². The van der Waals surface area contributed by atoms with E-state index in [-0.39, 0.29) is 17.9 Å². The molecule has 0 aromatic rings. The van der Waals surface area contributed by atoms with Gasteiger partial charge in [0.1, 0.15) is 0 Å². The maximum atomic E-state index is 11.4. The number of alkyl halides is 1. The fourth-order valence-corrected chi connectivity index (χ4v) is 1.76. The lowest BCUT2D eigenvalue weighted by molar-refractivity contribution is -0.134. The van der Waals surface area contributed by atoms with Gasteiger partial charge in [-0.15, -0.1) is 11.6 Å². The number of likely N-dealkylation sites (tertiary alicyclic amines) is 1. The van der Waals surface area contributed by atoms with Crippen molar-refractivity contribution in [2.75, 3.05) is 19.0 Å². The van der Waals surface area contributed by atoms with Crippen LogP contribution in [0.15, 0.2) is 0 Å². The number of amides is 1. The molecule has 0 bridgehead atoms. The highest BCUT2D eigenvalue weighted by Gasteiger charge is 2.26. The maximum Gasteiger partial charge on any atom is 0.223 e. The van der Waals surface area contributed by atoms with E-state index >= 15 is 0 Å². The molecule has 0 spiro atoms. The number of carbonyl (C=O) groups is 1. The van der Waals surface area contributed by atoms with E-state index < -0.39 is 0 Å². The zero-order valence-corrected chi connectivity index (χ0v) is 8.63. The molecule has 1 amide bonds. The molecule has 4 heteroatoms. The fraction of sp³-hybridized carbons (Fsp3) is 0.889. The summed E-state index contributed by atoms with van der Waals surface area (Å²) in [5, 5.41) is 9.44. The average molecular weight is 206 g/mol. The lowest BCUT2D eigenvalue weighted by atomic mass is 9.96. The molecule has 2 atom stereocenters. The number of carbonyl (C=O) groups excluding carboxylic acids is 1. The van der Waals surface area contributed by atoms with Gasteiger partial charge in [-0.2, -0.15) is 0 Å². The molecule has 1 fully saturated rings. The Hall–Kier alpha value is -0.280. The monoisotopic (exact) mass is 205 g/mol. The highest BCUT2D eigenvalue weighted by molar-refractivity contribution is 6.18. The molecule has 76 valence electrons. The molecule has 1 aliphatic heterocycles. The van der Waals surface area contributed by atoms with Crippen LogP contribution in [-0.2, 0) is 4.79 Å². The van der Waals surface area contributed by atoms with Gasteiger partial charge in [-0.25, -0.2) is 0 Å². The smallest absolute Gasteiger partial charge is 0.223 e. The Kier molecular flexibility index (Phi) is 4.00. The van der Waals surface area contributed by atoms with Crippen molar-refractivity contribution in [1.82, 2.24) is 4.90 Å². The zero-order valence-electron chi connectivity index (χ0n) is 7.87. The number of hydrogen-bond donors (Lipinski definition) is 1. The van der Waals surface area contributed by atoms with Crippen molar-refractivity contribution in [2.45, 2.75) is 25.9 Å². The van der Waals surface area contributed by atoms with Crippen LogP contribution in [0.3, 0.4) is 0 Å². The molecule has 0 aromatic heterocycles. The number of aliphatic hydroxyl groups is 1. The maximum absolute atomic E-state index is 11.4. The third-order valence-corrected chi connectivity index (χ3v) is 2.71.